The van der Waals surface area contributed by atoms with E-state index < -0.39 is 5.97 Å². The second kappa shape index (κ2) is 5.80. The number of benzene rings is 1. The normalized spacial score (nSPS) is 10.6. The number of rotatable bonds is 5. The molecule has 0 amide bonds. The quantitative estimate of drug-likeness (QED) is 0.590. The lowest BCUT2D eigenvalue weighted by molar-refractivity contribution is -0.131. The summed E-state index contributed by atoms with van der Waals surface area (Å²) in [5.74, 6) is -0.348. The summed E-state index contributed by atoms with van der Waals surface area (Å²) >= 11 is 0. The molecule has 0 radical (unpaired) electrons. The predicted molar refractivity (Wildman–Crippen MR) is 63.3 cm³/mol. The number of anilines is 1. The van der Waals surface area contributed by atoms with Crippen LogP contribution in [0.15, 0.2) is 24.3 Å². The number of carboxylic acid groups (broad SMARTS) is 1. The summed E-state index contributed by atoms with van der Waals surface area (Å²) in [5, 5.41) is 8.47. The van der Waals surface area contributed by atoms with Gasteiger partial charge in [-0.15, -0.1) is 0 Å². The molecule has 0 aromatic heterocycles. The van der Waals surface area contributed by atoms with Gasteiger partial charge < -0.3 is 15.6 Å². The number of carbonyl (C=O) groups is 1. The van der Waals surface area contributed by atoms with Crippen LogP contribution in [0.1, 0.15) is 18.9 Å². The van der Waals surface area contributed by atoms with E-state index in [1.165, 1.54) is 6.08 Å². The maximum absolute atomic E-state index is 10.3. The second-order valence-corrected chi connectivity index (χ2v) is 3.32. The SMILES string of the molecule is CCCOc1ccc(/C=C\C(=O)O)cc1N. The van der Waals surface area contributed by atoms with Gasteiger partial charge in [-0.2, -0.15) is 0 Å². The monoisotopic (exact) mass is 221 g/mol. The molecule has 1 aromatic carbocycles. The van der Waals surface area contributed by atoms with E-state index in [0.29, 0.717) is 18.0 Å². The molecule has 0 fully saturated rings. The molecule has 3 N–H and O–H groups in total. The van der Waals surface area contributed by atoms with Crippen molar-refractivity contribution in [1.82, 2.24) is 0 Å². The molecule has 1 aromatic rings. The van der Waals surface area contributed by atoms with Gasteiger partial charge in [0.2, 0.25) is 0 Å². The molecular formula is C12H15NO3. The fraction of sp³-hybridized carbons (Fsp3) is 0.250. The highest BCUT2D eigenvalue weighted by Gasteiger charge is 2.00. The summed E-state index contributed by atoms with van der Waals surface area (Å²) in [5.41, 5.74) is 7.02. The molecule has 0 atom stereocenters. The van der Waals surface area contributed by atoms with Crippen LogP contribution in [0.2, 0.25) is 0 Å². The smallest absolute Gasteiger partial charge is 0.328 e. The van der Waals surface area contributed by atoms with Crippen LogP contribution in [0.4, 0.5) is 5.69 Å². The van der Waals surface area contributed by atoms with Gasteiger partial charge in [-0.1, -0.05) is 13.0 Å². The van der Waals surface area contributed by atoms with E-state index >= 15 is 0 Å². The molecule has 0 bridgehead atoms. The molecule has 16 heavy (non-hydrogen) atoms. The Morgan fingerprint density at radius 3 is 2.88 bits per heavy atom. The Hall–Kier alpha value is -1.97. The first-order valence-corrected chi connectivity index (χ1v) is 5.07. The molecule has 0 unspecified atom stereocenters. The van der Waals surface area contributed by atoms with E-state index in [2.05, 4.69) is 0 Å². The number of aliphatic carboxylic acids is 1. The zero-order chi connectivity index (χ0) is 12.0. The third-order valence-corrected chi connectivity index (χ3v) is 1.91. The van der Waals surface area contributed by atoms with Crippen LogP contribution in [0.3, 0.4) is 0 Å². The third kappa shape index (κ3) is 3.65. The van der Waals surface area contributed by atoms with Gasteiger partial charge in [-0.25, -0.2) is 4.79 Å². The Morgan fingerprint density at radius 2 is 2.31 bits per heavy atom. The lowest BCUT2D eigenvalue weighted by atomic mass is 10.2. The molecule has 0 aliphatic carbocycles. The number of nitrogens with two attached hydrogens (primary N) is 1. The minimum atomic E-state index is -0.982. The molecule has 0 aliphatic heterocycles. The van der Waals surface area contributed by atoms with Crippen LogP contribution in [0.5, 0.6) is 5.75 Å². The topological polar surface area (TPSA) is 72.5 Å². The number of nitrogen functional groups attached to an aromatic ring is 1. The molecule has 1 rings (SSSR count). The van der Waals surface area contributed by atoms with Crippen LogP contribution in [0, 0.1) is 0 Å². The largest absolute Gasteiger partial charge is 0.491 e. The molecule has 0 saturated heterocycles. The Bertz CT molecular complexity index is 399. The van der Waals surface area contributed by atoms with Crippen molar-refractivity contribution >= 4 is 17.7 Å². The predicted octanol–water partition coefficient (Wildman–Crippen LogP) is 2.16. The first-order valence-electron chi connectivity index (χ1n) is 5.07. The molecule has 0 aliphatic rings. The van der Waals surface area contributed by atoms with E-state index in [4.69, 9.17) is 15.6 Å². The van der Waals surface area contributed by atoms with Gasteiger partial charge >= 0.3 is 5.97 Å². The standard InChI is InChI=1S/C12H15NO3/c1-2-7-16-11-5-3-9(8-10(11)13)4-6-12(14)15/h3-6,8H,2,7,13H2,1H3,(H,14,15)/b6-4-. The van der Waals surface area contributed by atoms with E-state index in [1.807, 2.05) is 6.92 Å². The van der Waals surface area contributed by atoms with Crippen molar-refractivity contribution in [2.75, 3.05) is 12.3 Å². The fourth-order valence-corrected chi connectivity index (χ4v) is 1.18. The van der Waals surface area contributed by atoms with Crippen LogP contribution in [-0.4, -0.2) is 17.7 Å². The maximum atomic E-state index is 10.3. The molecule has 0 saturated carbocycles. The van der Waals surface area contributed by atoms with E-state index in [9.17, 15) is 4.79 Å². The van der Waals surface area contributed by atoms with Crippen LogP contribution in [-0.2, 0) is 4.79 Å². The fourth-order valence-electron chi connectivity index (χ4n) is 1.18. The number of hydrogen-bond donors (Lipinski definition) is 2. The number of ether oxygens (including phenoxy) is 1. The van der Waals surface area contributed by atoms with Gasteiger partial charge in [0.25, 0.3) is 0 Å². The second-order valence-electron chi connectivity index (χ2n) is 3.32. The highest BCUT2D eigenvalue weighted by atomic mass is 16.5. The van der Waals surface area contributed by atoms with Crippen LogP contribution >= 0.6 is 0 Å². The summed E-state index contributed by atoms with van der Waals surface area (Å²) < 4.78 is 5.40. The minimum Gasteiger partial charge on any atom is -0.491 e. The van der Waals surface area contributed by atoms with Gasteiger partial charge in [-0.3, -0.25) is 0 Å². The highest BCUT2D eigenvalue weighted by molar-refractivity contribution is 5.85. The summed E-state index contributed by atoms with van der Waals surface area (Å²) in [6.45, 7) is 2.63. The average Bonchev–Trinajstić information content (AvgIpc) is 2.25. The molecule has 0 spiro atoms. The van der Waals surface area contributed by atoms with Gasteiger partial charge in [0.1, 0.15) is 5.75 Å². The summed E-state index contributed by atoms with van der Waals surface area (Å²) in [6, 6.07) is 5.19. The van der Waals surface area contributed by atoms with Crippen molar-refractivity contribution in [3.05, 3.63) is 29.8 Å². The van der Waals surface area contributed by atoms with Crippen molar-refractivity contribution < 1.29 is 14.6 Å². The van der Waals surface area contributed by atoms with E-state index in [-0.39, 0.29) is 0 Å². The molecule has 86 valence electrons. The van der Waals surface area contributed by atoms with E-state index in [1.54, 1.807) is 18.2 Å². The van der Waals surface area contributed by atoms with Gasteiger partial charge in [0, 0.05) is 6.08 Å². The Kier molecular flexibility index (Phi) is 4.39. The third-order valence-electron chi connectivity index (χ3n) is 1.91. The van der Waals surface area contributed by atoms with Crippen molar-refractivity contribution in [1.29, 1.82) is 0 Å². The zero-order valence-electron chi connectivity index (χ0n) is 9.14. The van der Waals surface area contributed by atoms with Crippen molar-refractivity contribution in [3.8, 4) is 5.75 Å². The molecule has 4 nitrogen and oxygen atoms in total. The maximum Gasteiger partial charge on any atom is 0.328 e. The number of hydrogen-bond acceptors (Lipinski definition) is 3. The Morgan fingerprint density at radius 1 is 1.56 bits per heavy atom. The minimum absolute atomic E-state index is 0.515. The highest BCUT2D eigenvalue weighted by Crippen LogP contribution is 2.23. The molecule has 4 heteroatoms. The average molecular weight is 221 g/mol. The first kappa shape index (κ1) is 12.1. The molecular weight excluding hydrogens is 206 g/mol. The van der Waals surface area contributed by atoms with Crippen LogP contribution < -0.4 is 10.5 Å². The van der Waals surface area contributed by atoms with Crippen LogP contribution in [0.25, 0.3) is 6.08 Å². The Labute approximate surface area is 94.3 Å². The summed E-state index contributed by atoms with van der Waals surface area (Å²) in [7, 11) is 0. The van der Waals surface area contributed by atoms with Crippen molar-refractivity contribution in [2.45, 2.75) is 13.3 Å². The van der Waals surface area contributed by atoms with E-state index in [0.717, 1.165) is 18.1 Å². The Balaban J connectivity index is 2.78. The van der Waals surface area contributed by atoms with Gasteiger partial charge in [0.15, 0.2) is 0 Å². The van der Waals surface area contributed by atoms with Crippen molar-refractivity contribution in [2.24, 2.45) is 0 Å². The first-order chi connectivity index (χ1) is 7.63. The molecule has 0 heterocycles. The van der Waals surface area contributed by atoms with Gasteiger partial charge in [-0.05, 0) is 30.2 Å². The van der Waals surface area contributed by atoms with Gasteiger partial charge in [0.05, 0.1) is 12.3 Å². The number of carboxylic acids is 1. The van der Waals surface area contributed by atoms with Crippen molar-refractivity contribution in [3.63, 3.8) is 0 Å². The summed E-state index contributed by atoms with van der Waals surface area (Å²) in [6.07, 6.45) is 3.48. The summed E-state index contributed by atoms with van der Waals surface area (Å²) in [4.78, 5) is 10.3. The lowest BCUT2D eigenvalue weighted by Crippen LogP contribution is -1.99. The zero-order valence-corrected chi connectivity index (χ0v) is 9.14. The lowest BCUT2D eigenvalue weighted by Gasteiger charge is -2.07.